The highest BCUT2D eigenvalue weighted by atomic mass is 79.9. The first-order chi connectivity index (χ1) is 9.62. The van der Waals surface area contributed by atoms with Gasteiger partial charge >= 0.3 is 5.97 Å². The van der Waals surface area contributed by atoms with Gasteiger partial charge in [0.1, 0.15) is 5.75 Å². The van der Waals surface area contributed by atoms with Crippen molar-refractivity contribution >= 4 is 21.9 Å². The van der Waals surface area contributed by atoms with Crippen molar-refractivity contribution in [2.75, 3.05) is 6.61 Å². The van der Waals surface area contributed by atoms with Crippen LogP contribution >= 0.6 is 15.9 Å². The van der Waals surface area contributed by atoms with Crippen LogP contribution in [0.5, 0.6) is 5.75 Å². The zero-order valence-electron chi connectivity index (χ0n) is 11.4. The fourth-order valence-corrected chi connectivity index (χ4v) is 3.36. The van der Waals surface area contributed by atoms with Crippen molar-refractivity contribution in [1.29, 1.82) is 0 Å². The van der Waals surface area contributed by atoms with Gasteiger partial charge in [-0.1, -0.05) is 28.8 Å². The lowest BCUT2D eigenvalue weighted by Crippen LogP contribution is -2.42. The molecule has 20 heavy (non-hydrogen) atoms. The van der Waals surface area contributed by atoms with Gasteiger partial charge in [-0.25, -0.2) is 0 Å². The Morgan fingerprint density at radius 3 is 2.60 bits per heavy atom. The standard InChI is InChI=1S/C16H19BrO3/c17-12-5-6-14(20-10-11-3-1-4-11)13(9-12)16(15(18)19)7-2-8-16/h5-6,9,11H,1-4,7-8,10H2,(H,18,19). The molecule has 3 rings (SSSR count). The Hall–Kier alpha value is -1.03. The molecule has 2 aliphatic rings. The topological polar surface area (TPSA) is 46.5 Å². The minimum atomic E-state index is -0.737. The maximum absolute atomic E-state index is 11.7. The maximum atomic E-state index is 11.7. The number of halogens is 1. The lowest BCUT2D eigenvalue weighted by molar-refractivity contribution is -0.147. The summed E-state index contributed by atoms with van der Waals surface area (Å²) in [6.07, 6.45) is 6.14. The molecule has 1 aromatic carbocycles. The Kier molecular flexibility index (Phi) is 3.76. The van der Waals surface area contributed by atoms with Gasteiger partial charge in [-0.05, 0) is 49.8 Å². The molecule has 4 heteroatoms. The number of ether oxygens (including phenoxy) is 1. The van der Waals surface area contributed by atoms with E-state index in [9.17, 15) is 9.90 Å². The van der Waals surface area contributed by atoms with Crippen LogP contribution in [0.3, 0.4) is 0 Å². The number of carboxylic acid groups (broad SMARTS) is 1. The summed E-state index contributed by atoms with van der Waals surface area (Å²) in [5, 5.41) is 9.62. The number of hydrogen-bond acceptors (Lipinski definition) is 2. The molecule has 0 saturated heterocycles. The fraction of sp³-hybridized carbons (Fsp3) is 0.562. The zero-order valence-corrected chi connectivity index (χ0v) is 13.0. The molecule has 0 aliphatic heterocycles. The van der Waals surface area contributed by atoms with Crippen LogP contribution in [0.2, 0.25) is 0 Å². The first-order valence-corrected chi connectivity index (χ1v) is 8.07. The van der Waals surface area contributed by atoms with E-state index in [-0.39, 0.29) is 0 Å². The van der Waals surface area contributed by atoms with Gasteiger partial charge in [0.15, 0.2) is 0 Å². The number of carboxylic acids is 1. The second kappa shape index (κ2) is 5.40. The second-order valence-electron chi connectivity index (χ2n) is 5.99. The molecule has 1 N–H and O–H groups in total. The number of carbonyl (C=O) groups is 1. The SMILES string of the molecule is O=C(O)C1(c2cc(Br)ccc2OCC2CCC2)CCC1. The lowest BCUT2D eigenvalue weighted by atomic mass is 9.64. The van der Waals surface area contributed by atoms with Crippen LogP contribution in [-0.2, 0) is 10.2 Å². The molecular formula is C16H19BrO3. The summed E-state index contributed by atoms with van der Waals surface area (Å²) in [4.78, 5) is 11.7. The van der Waals surface area contributed by atoms with Gasteiger partial charge in [0.2, 0.25) is 0 Å². The van der Waals surface area contributed by atoms with Crippen LogP contribution in [0.15, 0.2) is 22.7 Å². The number of aliphatic carboxylic acids is 1. The highest BCUT2D eigenvalue weighted by Crippen LogP contribution is 2.48. The molecule has 0 amide bonds. The average molecular weight is 339 g/mol. The van der Waals surface area contributed by atoms with Crippen molar-refractivity contribution in [2.24, 2.45) is 5.92 Å². The fourth-order valence-electron chi connectivity index (χ4n) is 3.00. The van der Waals surface area contributed by atoms with Crippen molar-refractivity contribution in [3.63, 3.8) is 0 Å². The molecule has 0 spiro atoms. The first kappa shape index (κ1) is 13.9. The molecule has 2 saturated carbocycles. The highest BCUT2D eigenvalue weighted by Gasteiger charge is 2.47. The summed E-state index contributed by atoms with van der Waals surface area (Å²) >= 11 is 3.45. The largest absolute Gasteiger partial charge is 0.493 e. The van der Waals surface area contributed by atoms with Gasteiger partial charge in [-0.3, -0.25) is 4.79 Å². The zero-order chi connectivity index (χ0) is 14.2. The van der Waals surface area contributed by atoms with Gasteiger partial charge in [0.25, 0.3) is 0 Å². The Labute approximate surface area is 127 Å². The van der Waals surface area contributed by atoms with E-state index in [2.05, 4.69) is 15.9 Å². The van der Waals surface area contributed by atoms with E-state index >= 15 is 0 Å². The van der Waals surface area contributed by atoms with Crippen molar-refractivity contribution in [3.8, 4) is 5.75 Å². The minimum Gasteiger partial charge on any atom is -0.493 e. The molecule has 0 radical (unpaired) electrons. The molecule has 0 aromatic heterocycles. The Balaban J connectivity index is 1.87. The summed E-state index contributed by atoms with van der Waals surface area (Å²) in [6.45, 7) is 0.713. The van der Waals surface area contributed by atoms with Crippen molar-refractivity contribution in [3.05, 3.63) is 28.2 Å². The average Bonchev–Trinajstić information content (AvgIpc) is 2.27. The normalized spacial score (nSPS) is 20.9. The summed E-state index contributed by atoms with van der Waals surface area (Å²) in [5.41, 5.74) is 0.101. The molecule has 108 valence electrons. The van der Waals surface area contributed by atoms with E-state index in [0.717, 1.165) is 22.2 Å². The molecule has 2 fully saturated rings. The number of benzene rings is 1. The molecular weight excluding hydrogens is 320 g/mol. The van der Waals surface area contributed by atoms with Gasteiger partial charge in [-0.2, -0.15) is 0 Å². The second-order valence-corrected chi connectivity index (χ2v) is 6.90. The molecule has 0 heterocycles. The molecule has 1 aromatic rings. The molecule has 3 nitrogen and oxygen atoms in total. The highest BCUT2D eigenvalue weighted by molar-refractivity contribution is 9.10. The van der Waals surface area contributed by atoms with Crippen LogP contribution in [-0.4, -0.2) is 17.7 Å². The van der Waals surface area contributed by atoms with E-state index < -0.39 is 11.4 Å². The molecule has 0 atom stereocenters. The number of hydrogen-bond donors (Lipinski definition) is 1. The predicted molar refractivity (Wildman–Crippen MR) is 80.1 cm³/mol. The summed E-state index contributed by atoms with van der Waals surface area (Å²) in [5.74, 6) is 0.672. The van der Waals surface area contributed by atoms with E-state index in [1.54, 1.807) is 0 Å². The lowest BCUT2D eigenvalue weighted by Gasteiger charge is -2.39. The Morgan fingerprint density at radius 2 is 2.10 bits per heavy atom. The maximum Gasteiger partial charge on any atom is 0.314 e. The van der Waals surface area contributed by atoms with Gasteiger partial charge in [0, 0.05) is 10.0 Å². The van der Waals surface area contributed by atoms with Gasteiger partial charge < -0.3 is 9.84 Å². The molecule has 2 aliphatic carbocycles. The summed E-state index contributed by atoms with van der Waals surface area (Å²) in [6, 6.07) is 5.75. The monoisotopic (exact) mass is 338 g/mol. The van der Waals surface area contributed by atoms with E-state index in [1.807, 2.05) is 18.2 Å². The first-order valence-electron chi connectivity index (χ1n) is 7.28. The van der Waals surface area contributed by atoms with Gasteiger partial charge in [-0.15, -0.1) is 0 Å². The van der Waals surface area contributed by atoms with Crippen molar-refractivity contribution in [1.82, 2.24) is 0 Å². The summed E-state index contributed by atoms with van der Waals surface area (Å²) in [7, 11) is 0. The third-order valence-electron chi connectivity index (χ3n) is 4.77. The van der Waals surface area contributed by atoms with Crippen LogP contribution in [0.25, 0.3) is 0 Å². The van der Waals surface area contributed by atoms with Crippen molar-refractivity contribution in [2.45, 2.75) is 43.9 Å². The number of rotatable bonds is 5. The molecule has 0 bridgehead atoms. The Morgan fingerprint density at radius 1 is 1.35 bits per heavy atom. The van der Waals surface area contributed by atoms with E-state index in [1.165, 1.54) is 19.3 Å². The van der Waals surface area contributed by atoms with Crippen LogP contribution < -0.4 is 4.74 Å². The minimum absolute atomic E-state index is 0.647. The van der Waals surface area contributed by atoms with Gasteiger partial charge in [0.05, 0.1) is 12.0 Å². The quantitative estimate of drug-likeness (QED) is 0.877. The predicted octanol–water partition coefficient (Wildman–Crippen LogP) is 4.13. The van der Waals surface area contributed by atoms with E-state index in [4.69, 9.17) is 4.74 Å². The third kappa shape index (κ3) is 2.34. The molecule has 0 unspecified atom stereocenters. The smallest absolute Gasteiger partial charge is 0.314 e. The Bertz CT molecular complexity index is 518. The van der Waals surface area contributed by atoms with Crippen molar-refractivity contribution < 1.29 is 14.6 Å². The van der Waals surface area contributed by atoms with Crippen LogP contribution in [0, 0.1) is 5.92 Å². The van der Waals surface area contributed by atoms with Crippen LogP contribution in [0.4, 0.5) is 0 Å². The summed E-state index contributed by atoms with van der Waals surface area (Å²) < 4.78 is 6.86. The van der Waals surface area contributed by atoms with E-state index in [0.29, 0.717) is 25.4 Å². The van der Waals surface area contributed by atoms with Crippen LogP contribution in [0.1, 0.15) is 44.1 Å². The third-order valence-corrected chi connectivity index (χ3v) is 5.27.